The average molecular weight is 177 g/mol. The van der Waals surface area contributed by atoms with Crippen LogP contribution in [0.3, 0.4) is 0 Å². The molecular formula is C9H11N3O. The topological polar surface area (TPSA) is 68.0 Å². The Morgan fingerprint density at radius 1 is 1.62 bits per heavy atom. The van der Waals surface area contributed by atoms with Gasteiger partial charge in [-0.1, -0.05) is 0 Å². The van der Waals surface area contributed by atoms with Crippen molar-refractivity contribution >= 4 is 11.6 Å². The minimum absolute atomic E-state index is 0.0910. The predicted octanol–water partition coefficient (Wildman–Crippen LogP) is 0.267. The molecule has 0 saturated carbocycles. The monoisotopic (exact) mass is 177 g/mol. The lowest BCUT2D eigenvalue weighted by molar-refractivity contribution is -0.119. The standard InChI is InChI=1S/C9H11N3O/c10-8-1-2-11-5-7(8)6-3-9(13)12-4-6/h1-2,5-6H,3-4H2,(H2,10,11)(H,12,13). The summed E-state index contributed by atoms with van der Waals surface area (Å²) in [5.74, 6) is 0.287. The molecule has 2 rings (SSSR count). The number of amides is 1. The molecule has 0 spiro atoms. The van der Waals surface area contributed by atoms with Gasteiger partial charge in [-0.05, 0) is 11.6 Å². The summed E-state index contributed by atoms with van der Waals surface area (Å²) in [6, 6.07) is 1.76. The summed E-state index contributed by atoms with van der Waals surface area (Å²) in [6.07, 6.45) is 3.92. The van der Waals surface area contributed by atoms with Gasteiger partial charge in [-0.25, -0.2) is 0 Å². The predicted molar refractivity (Wildman–Crippen MR) is 49.0 cm³/mol. The summed E-state index contributed by atoms with van der Waals surface area (Å²) in [5, 5.41) is 2.77. The largest absolute Gasteiger partial charge is 0.398 e. The van der Waals surface area contributed by atoms with Crippen LogP contribution in [0.5, 0.6) is 0 Å². The van der Waals surface area contributed by atoms with E-state index in [0.29, 0.717) is 13.0 Å². The third-order valence-electron chi connectivity index (χ3n) is 2.30. The Balaban J connectivity index is 2.26. The molecule has 1 fully saturated rings. The van der Waals surface area contributed by atoms with Crippen LogP contribution < -0.4 is 11.1 Å². The zero-order valence-electron chi connectivity index (χ0n) is 7.16. The van der Waals surface area contributed by atoms with Gasteiger partial charge >= 0.3 is 0 Å². The summed E-state index contributed by atoms with van der Waals surface area (Å²) >= 11 is 0. The van der Waals surface area contributed by atoms with Crippen molar-refractivity contribution in [3.8, 4) is 0 Å². The highest BCUT2D eigenvalue weighted by molar-refractivity contribution is 5.79. The molecule has 2 heterocycles. The van der Waals surface area contributed by atoms with E-state index in [2.05, 4.69) is 10.3 Å². The van der Waals surface area contributed by atoms with Crippen molar-refractivity contribution in [2.75, 3.05) is 12.3 Å². The Labute approximate surface area is 76.2 Å². The minimum atomic E-state index is 0.0910. The number of nitrogens with two attached hydrogens (primary N) is 1. The molecule has 68 valence electrons. The van der Waals surface area contributed by atoms with Gasteiger partial charge in [0.15, 0.2) is 0 Å². The van der Waals surface area contributed by atoms with E-state index >= 15 is 0 Å². The number of nitrogens with zero attached hydrogens (tertiary/aromatic N) is 1. The molecule has 4 heteroatoms. The van der Waals surface area contributed by atoms with E-state index in [0.717, 1.165) is 11.3 Å². The fraction of sp³-hybridized carbons (Fsp3) is 0.333. The number of anilines is 1. The molecule has 1 saturated heterocycles. The van der Waals surface area contributed by atoms with Gasteiger partial charge in [0.25, 0.3) is 0 Å². The number of pyridine rings is 1. The third kappa shape index (κ3) is 1.47. The lowest BCUT2D eigenvalue weighted by atomic mass is 9.99. The zero-order valence-corrected chi connectivity index (χ0v) is 7.16. The SMILES string of the molecule is Nc1ccncc1C1CNC(=O)C1. The molecule has 1 aromatic heterocycles. The van der Waals surface area contributed by atoms with Gasteiger partial charge in [0.2, 0.25) is 5.91 Å². The second kappa shape index (κ2) is 3.05. The van der Waals surface area contributed by atoms with Crippen molar-refractivity contribution in [2.45, 2.75) is 12.3 Å². The maximum absolute atomic E-state index is 11.0. The second-order valence-electron chi connectivity index (χ2n) is 3.21. The molecule has 0 bridgehead atoms. The van der Waals surface area contributed by atoms with Crippen molar-refractivity contribution in [1.29, 1.82) is 0 Å². The fourth-order valence-electron chi connectivity index (χ4n) is 1.58. The number of hydrogen-bond acceptors (Lipinski definition) is 3. The van der Waals surface area contributed by atoms with Gasteiger partial charge in [0.1, 0.15) is 0 Å². The first kappa shape index (κ1) is 8.04. The Hall–Kier alpha value is -1.58. The van der Waals surface area contributed by atoms with Gasteiger partial charge in [-0.3, -0.25) is 9.78 Å². The first-order chi connectivity index (χ1) is 6.27. The van der Waals surface area contributed by atoms with Crippen LogP contribution >= 0.6 is 0 Å². The van der Waals surface area contributed by atoms with Crippen molar-refractivity contribution in [3.63, 3.8) is 0 Å². The van der Waals surface area contributed by atoms with Crippen LogP contribution in [0.1, 0.15) is 17.9 Å². The van der Waals surface area contributed by atoms with Gasteiger partial charge in [-0.2, -0.15) is 0 Å². The normalized spacial score (nSPS) is 21.5. The number of carbonyl (C=O) groups is 1. The Bertz CT molecular complexity index is 337. The summed E-state index contributed by atoms with van der Waals surface area (Å²) in [7, 11) is 0. The maximum Gasteiger partial charge on any atom is 0.220 e. The molecule has 0 radical (unpaired) electrons. The first-order valence-electron chi connectivity index (χ1n) is 4.23. The Kier molecular flexibility index (Phi) is 1.88. The van der Waals surface area contributed by atoms with Crippen LogP contribution in [0.4, 0.5) is 5.69 Å². The molecule has 1 unspecified atom stereocenters. The van der Waals surface area contributed by atoms with Crippen LogP contribution in [0.15, 0.2) is 18.5 Å². The van der Waals surface area contributed by atoms with Gasteiger partial charge in [0.05, 0.1) is 0 Å². The second-order valence-corrected chi connectivity index (χ2v) is 3.21. The highest BCUT2D eigenvalue weighted by Gasteiger charge is 2.24. The van der Waals surface area contributed by atoms with E-state index in [4.69, 9.17) is 5.73 Å². The molecule has 1 aliphatic heterocycles. The van der Waals surface area contributed by atoms with E-state index in [1.807, 2.05) is 0 Å². The molecule has 0 aliphatic carbocycles. The third-order valence-corrected chi connectivity index (χ3v) is 2.30. The van der Waals surface area contributed by atoms with Gasteiger partial charge in [-0.15, -0.1) is 0 Å². The van der Waals surface area contributed by atoms with Gasteiger partial charge in [0, 0.05) is 37.0 Å². The molecule has 4 nitrogen and oxygen atoms in total. The fourth-order valence-corrected chi connectivity index (χ4v) is 1.58. The van der Waals surface area contributed by atoms with Crippen LogP contribution in [0.2, 0.25) is 0 Å². The molecular weight excluding hydrogens is 166 g/mol. The molecule has 1 aromatic rings. The number of carbonyl (C=O) groups excluding carboxylic acids is 1. The van der Waals surface area contributed by atoms with Crippen molar-refractivity contribution < 1.29 is 4.79 Å². The lowest BCUT2D eigenvalue weighted by Gasteiger charge is -2.09. The van der Waals surface area contributed by atoms with E-state index in [1.54, 1.807) is 18.5 Å². The van der Waals surface area contributed by atoms with Crippen LogP contribution in [-0.4, -0.2) is 17.4 Å². The van der Waals surface area contributed by atoms with Crippen molar-refractivity contribution in [1.82, 2.24) is 10.3 Å². The van der Waals surface area contributed by atoms with Crippen LogP contribution in [0.25, 0.3) is 0 Å². The van der Waals surface area contributed by atoms with E-state index in [1.165, 1.54) is 0 Å². The molecule has 0 aromatic carbocycles. The first-order valence-corrected chi connectivity index (χ1v) is 4.23. The summed E-state index contributed by atoms with van der Waals surface area (Å²) in [5.41, 5.74) is 7.46. The van der Waals surface area contributed by atoms with Crippen LogP contribution in [0, 0.1) is 0 Å². The molecule has 1 aliphatic rings. The van der Waals surface area contributed by atoms with E-state index in [-0.39, 0.29) is 11.8 Å². The summed E-state index contributed by atoms with van der Waals surface area (Å²) < 4.78 is 0. The Morgan fingerprint density at radius 2 is 2.46 bits per heavy atom. The highest BCUT2D eigenvalue weighted by Crippen LogP contribution is 2.26. The van der Waals surface area contributed by atoms with E-state index in [9.17, 15) is 4.79 Å². The average Bonchev–Trinajstić information content (AvgIpc) is 2.53. The van der Waals surface area contributed by atoms with Crippen molar-refractivity contribution in [3.05, 3.63) is 24.0 Å². The number of nitrogens with one attached hydrogen (secondary N) is 1. The molecule has 1 atom stereocenters. The minimum Gasteiger partial charge on any atom is -0.398 e. The lowest BCUT2D eigenvalue weighted by Crippen LogP contribution is -2.13. The zero-order chi connectivity index (χ0) is 9.26. The molecule has 1 amide bonds. The van der Waals surface area contributed by atoms with E-state index < -0.39 is 0 Å². The van der Waals surface area contributed by atoms with Gasteiger partial charge < -0.3 is 11.1 Å². The van der Waals surface area contributed by atoms with Crippen molar-refractivity contribution in [2.24, 2.45) is 0 Å². The highest BCUT2D eigenvalue weighted by atomic mass is 16.1. The quantitative estimate of drug-likeness (QED) is 0.646. The maximum atomic E-state index is 11.0. The smallest absolute Gasteiger partial charge is 0.220 e. The van der Waals surface area contributed by atoms with Crippen LogP contribution in [-0.2, 0) is 4.79 Å². The number of aromatic nitrogens is 1. The number of hydrogen-bond donors (Lipinski definition) is 2. The Morgan fingerprint density at radius 3 is 3.08 bits per heavy atom. The number of rotatable bonds is 1. The summed E-state index contributed by atoms with van der Waals surface area (Å²) in [6.45, 7) is 0.675. The molecule has 13 heavy (non-hydrogen) atoms. The summed E-state index contributed by atoms with van der Waals surface area (Å²) in [4.78, 5) is 15.0. The number of nitrogen functional groups attached to an aromatic ring is 1. The molecule has 3 N–H and O–H groups in total.